The summed E-state index contributed by atoms with van der Waals surface area (Å²) in [5.74, 6) is -0.418. The number of halogens is 4. The molecule has 0 saturated carbocycles. The van der Waals surface area contributed by atoms with E-state index in [0.29, 0.717) is 0 Å². The van der Waals surface area contributed by atoms with Crippen LogP contribution in [0.5, 0.6) is 0 Å². The number of rotatable bonds is 2. The Morgan fingerprint density at radius 2 is 2.06 bits per heavy atom. The van der Waals surface area contributed by atoms with Crippen LogP contribution in [-0.4, -0.2) is 11.1 Å². The van der Waals surface area contributed by atoms with Crippen molar-refractivity contribution >= 4 is 21.7 Å². The van der Waals surface area contributed by atoms with E-state index in [4.69, 9.17) is 5.26 Å². The number of carbonyl (C=O) groups excluding carboxylic acids is 1. The van der Waals surface area contributed by atoms with Crippen molar-refractivity contribution in [2.45, 2.75) is 13.1 Å². The zero-order valence-electron chi connectivity index (χ0n) is 8.73. The van der Waals surface area contributed by atoms with E-state index in [1.54, 1.807) is 6.07 Å². The van der Waals surface area contributed by atoms with Gasteiger partial charge in [0, 0.05) is 5.56 Å². The Morgan fingerprint density at radius 3 is 2.47 bits per heavy atom. The third kappa shape index (κ3) is 2.67. The molecule has 0 bridgehead atoms. The summed E-state index contributed by atoms with van der Waals surface area (Å²) in [4.78, 5) is 11.4. The summed E-state index contributed by atoms with van der Waals surface area (Å²) in [6, 6.07) is 3.52. The van der Waals surface area contributed by atoms with Crippen LogP contribution in [0.15, 0.2) is 12.1 Å². The molecule has 0 aromatic heterocycles. The maximum atomic E-state index is 12.6. The minimum absolute atomic E-state index is 0.00914. The zero-order valence-corrected chi connectivity index (χ0v) is 10.3. The van der Waals surface area contributed by atoms with E-state index in [2.05, 4.69) is 15.9 Å². The molecule has 0 radical (unpaired) electrons. The van der Waals surface area contributed by atoms with Gasteiger partial charge < -0.3 is 0 Å². The Morgan fingerprint density at radius 1 is 1.47 bits per heavy atom. The van der Waals surface area contributed by atoms with E-state index >= 15 is 0 Å². The van der Waals surface area contributed by atoms with Gasteiger partial charge in [-0.15, -0.1) is 0 Å². The average molecular weight is 306 g/mol. The minimum atomic E-state index is -4.52. The third-order valence-electron chi connectivity index (χ3n) is 2.30. The van der Waals surface area contributed by atoms with Crippen molar-refractivity contribution in [3.8, 4) is 6.07 Å². The van der Waals surface area contributed by atoms with Crippen LogP contribution in [0.2, 0.25) is 0 Å². The van der Waals surface area contributed by atoms with Gasteiger partial charge in [-0.1, -0.05) is 15.9 Å². The highest BCUT2D eigenvalue weighted by molar-refractivity contribution is 9.09. The van der Waals surface area contributed by atoms with E-state index in [-0.39, 0.29) is 22.0 Å². The summed E-state index contributed by atoms with van der Waals surface area (Å²) in [5, 5.41) is 8.81. The molecule has 1 aromatic carbocycles. The molecular weight excluding hydrogens is 299 g/mol. The second-order valence-corrected chi connectivity index (χ2v) is 3.89. The van der Waals surface area contributed by atoms with Crippen molar-refractivity contribution in [1.82, 2.24) is 0 Å². The highest BCUT2D eigenvalue weighted by atomic mass is 79.9. The van der Waals surface area contributed by atoms with Gasteiger partial charge in [-0.05, 0) is 24.6 Å². The van der Waals surface area contributed by atoms with Crippen LogP contribution in [0.3, 0.4) is 0 Å². The van der Waals surface area contributed by atoms with E-state index in [1.165, 1.54) is 6.92 Å². The Kier molecular flexibility index (Phi) is 3.94. The van der Waals surface area contributed by atoms with Crippen molar-refractivity contribution in [3.05, 3.63) is 34.4 Å². The Bertz CT molecular complexity index is 503. The molecule has 0 aliphatic carbocycles. The molecule has 1 aromatic rings. The molecule has 0 amide bonds. The van der Waals surface area contributed by atoms with Crippen molar-refractivity contribution in [2.75, 3.05) is 5.33 Å². The maximum absolute atomic E-state index is 12.6. The summed E-state index contributed by atoms with van der Waals surface area (Å²) < 4.78 is 37.7. The van der Waals surface area contributed by atoms with Gasteiger partial charge in [0.25, 0.3) is 0 Å². The number of hydrogen-bond acceptors (Lipinski definition) is 2. The Hall–Kier alpha value is -1.35. The van der Waals surface area contributed by atoms with E-state index in [0.717, 1.165) is 12.1 Å². The number of nitrogens with zero attached hydrogens (tertiary/aromatic N) is 1. The van der Waals surface area contributed by atoms with Crippen LogP contribution in [0.4, 0.5) is 13.2 Å². The lowest BCUT2D eigenvalue weighted by Crippen LogP contribution is -2.12. The van der Waals surface area contributed by atoms with Crippen molar-refractivity contribution < 1.29 is 18.0 Å². The summed E-state index contributed by atoms with van der Waals surface area (Å²) in [6.45, 7) is 1.19. The van der Waals surface area contributed by atoms with Gasteiger partial charge in [0.15, 0.2) is 5.78 Å². The van der Waals surface area contributed by atoms with Crippen LogP contribution in [0, 0.1) is 18.3 Å². The van der Waals surface area contributed by atoms with Gasteiger partial charge in [-0.25, -0.2) is 0 Å². The van der Waals surface area contributed by atoms with Crippen LogP contribution in [0.1, 0.15) is 27.0 Å². The first-order valence-corrected chi connectivity index (χ1v) is 5.65. The van der Waals surface area contributed by atoms with E-state index < -0.39 is 17.5 Å². The molecule has 0 aliphatic rings. The minimum Gasteiger partial charge on any atom is -0.293 e. The predicted molar refractivity (Wildman–Crippen MR) is 59.0 cm³/mol. The molecule has 17 heavy (non-hydrogen) atoms. The molecule has 1 rings (SSSR count). The maximum Gasteiger partial charge on any atom is 0.416 e. The summed E-state index contributed by atoms with van der Waals surface area (Å²) >= 11 is 2.92. The highest BCUT2D eigenvalue weighted by Gasteiger charge is 2.34. The molecule has 0 atom stereocenters. The standard InChI is InChI=1S/C11H7BrF3NO/c1-6-8(5-16)7(10(17)4-12)2-3-9(6)11(13,14)15/h2-3H,4H2,1H3. The summed E-state index contributed by atoms with van der Waals surface area (Å²) in [7, 11) is 0. The molecule has 0 saturated heterocycles. The first-order valence-electron chi connectivity index (χ1n) is 4.53. The smallest absolute Gasteiger partial charge is 0.293 e. The fraction of sp³-hybridized carbons (Fsp3) is 0.273. The number of benzene rings is 1. The number of alkyl halides is 4. The van der Waals surface area contributed by atoms with Crippen molar-refractivity contribution in [3.63, 3.8) is 0 Å². The topological polar surface area (TPSA) is 40.9 Å². The van der Waals surface area contributed by atoms with Gasteiger partial charge in [-0.2, -0.15) is 18.4 Å². The molecule has 0 aliphatic heterocycles. The van der Waals surface area contributed by atoms with Gasteiger partial charge >= 0.3 is 6.18 Å². The summed E-state index contributed by atoms with van der Waals surface area (Å²) in [6.07, 6.45) is -4.52. The zero-order chi connectivity index (χ0) is 13.2. The Balaban J connectivity index is 3.50. The number of carbonyl (C=O) groups is 1. The lowest BCUT2D eigenvalue weighted by molar-refractivity contribution is -0.138. The molecule has 0 unspecified atom stereocenters. The van der Waals surface area contributed by atoms with Gasteiger partial charge in [0.2, 0.25) is 0 Å². The molecule has 0 fully saturated rings. The first kappa shape index (κ1) is 13.7. The molecule has 0 N–H and O–H groups in total. The van der Waals surface area contributed by atoms with Crippen LogP contribution < -0.4 is 0 Å². The number of hydrogen-bond donors (Lipinski definition) is 0. The van der Waals surface area contributed by atoms with Gasteiger partial charge in [-0.3, -0.25) is 4.79 Å². The third-order valence-corrected chi connectivity index (χ3v) is 2.81. The number of ketones is 1. The normalized spacial score (nSPS) is 11.1. The lowest BCUT2D eigenvalue weighted by Gasteiger charge is -2.13. The monoisotopic (exact) mass is 305 g/mol. The SMILES string of the molecule is Cc1c(C(F)(F)F)ccc(C(=O)CBr)c1C#N. The van der Waals surface area contributed by atoms with Gasteiger partial charge in [0.05, 0.1) is 16.5 Å². The molecule has 90 valence electrons. The molecule has 2 nitrogen and oxygen atoms in total. The fourth-order valence-electron chi connectivity index (χ4n) is 1.47. The van der Waals surface area contributed by atoms with Crippen LogP contribution in [-0.2, 0) is 6.18 Å². The fourth-order valence-corrected chi connectivity index (χ4v) is 1.77. The van der Waals surface area contributed by atoms with Crippen LogP contribution >= 0.6 is 15.9 Å². The molecule has 0 heterocycles. The second-order valence-electron chi connectivity index (χ2n) is 3.33. The van der Waals surface area contributed by atoms with E-state index in [1.807, 2.05) is 0 Å². The average Bonchev–Trinajstić information content (AvgIpc) is 2.25. The van der Waals surface area contributed by atoms with Crippen LogP contribution in [0.25, 0.3) is 0 Å². The first-order chi connectivity index (χ1) is 7.82. The van der Waals surface area contributed by atoms with Crippen molar-refractivity contribution in [1.29, 1.82) is 5.26 Å². The van der Waals surface area contributed by atoms with E-state index in [9.17, 15) is 18.0 Å². The van der Waals surface area contributed by atoms with Crippen molar-refractivity contribution in [2.24, 2.45) is 0 Å². The lowest BCUT2D eigenvalue weighted by atomic mass is 9.95. The Labute approximate surface area is 104 Å². The van der Waals surface area contributed by atoms with Gasteiger partial charge in [0.1, 0.15) is 6.07 Å². The largest absolute Gasteiger partial charge is 0.416 e. The quantitative estimate of drug-likeness (QED) is 0.620. The predicted octanol–water partition coefficient (Wildman–Crippen LogP) is 3.46. The highest BCUT2D eigenvalue weighted by Crippen LogP contribution is 2.34. The summed E-state index contributed by atoms with van der Waals surface area (Å²) in [5.41, 5.74) is -1.31. The second kappa shape index (κ2) is 4.88. The number of Topliss-reactive ketones (excluding diaryl/α,β-unsaturated/α-hetero) is 1. The number of nitriles is 1. The molecule has 0 spiro atoms. The molecule has 6 heteroatoms. The molecular formula is C11H7BrF3NO.